The number of hydrogen-bond donors (Lipinski definition) is 1. The number of hydrogen-bond acceptors (Lipinski definition) is 3. The number of fused-ring (bicyclic) bond motifs is 1. The van der Waals surface area contributed by atoms with Gasteiger partial charge in [-0.2, -0.15) is 0 Å². The van der Waals surface area contributed by atoms with Crippen molar-refractivity contribution in [3.05, 3.63) is 40.2 Å². The fraction of sp³-hybridized carbons (Fsp3) is 0.250. The predicted octanol–water partition coefficient (Wildman–Crippen LogP) is 2.75. The molecule has 0 bridgehead atoms. The summed E-state index contributed by atoms with van der Waals surface area (Å²) in [7, 11) is 0. The maximum atomic E-state index is 5.78. The van der Waals surface area contributed by atoms with Crippen LogP contribution in [0, 0.1) is 0 Å². The third-order valence-electron chi connectivity index (χ3n) is 2.67. The Morgan fingerprint density at radius 1 is 1.38 bits per heavy atom. The highest BCUT2D eigenvalue weighted by Crippen LogP contribution is 2.25. The van der Waals surface area contributed by atoms with Crippen LogP contribution in [-0.2, 0) is 13.0 Å². The first-order valence-corrected chi connectivity index (χ1v) is 6.07. The van der Waals surface area contributed by atoms with Crippen LogP contribution < -0.4 is 5.32 Å². The summed E-state index contributed by atoms with van der Waals surface area (Å²) in [6, 6.07) is 8.01. The molecule has 1 N–H and O–H groups in total. The molecule has 0 unspecified atom stereocenters. The molecule has 0 radical (unpaired) electrons. The van der Waals surface area contributed by atoms with Crippen molar-refractivity contribution in [3.8, 4) is 11.5 Å². The minimum Gasteiger partial charge on any atom is -0.441 e. The van der Waals surface area contributed by atoms with Crippen molar-refractivity contribution in [1.82, 2.24) is 10.3 Å². The number of oxazole rings is 1. The van der Waals surface area contributed by atoms with E-state index in [0.29, 0.717) is 0 Å². The molecule has 3 rings (SSSR count). The lowest BCUT2D eigenvalue weighted by atomic mass is 10.2. The molecule has 0 spiro atoms. The summed E-state index contributed by atoms with van der Waals surface area (Å²) in [6.45, 7) is 1.78. The molecule has 0 saturated heterocycles. The fourth-order valence-electron chi connectivity index (χ4n) is 1.87. The van der Waals surface area contributed by atoms with Gasteiger partial charge in [-0.1, -0.05) is 22.0 Å². The molecule has 1 aromatic heterocycles. The largest absolute Gasteiger partial charge is 0.441 e. The van der Waals surface area contributed by atoms with Crippen molar-refractivity contribution in [3.63, 3.8) is 0 Å². The van der Waals surface area contributed by atoms with Crippen molar-refractivity contribution < 1.29 is 4.42 Å². The number of benzene rings is 1. The molecule has 0 saturated carbocycles. The second kappa shape index (κ2) is 4.03. The topological polar surface area (TPSA) is 38.1 Å². The van der Waals surface area contributed by atoms with Gasteiger partial charge in [-0.15, -0.1) is 0 Å². The van der Waals surface area contributed by atoms with Gasteiger partial charge in [-0.25, -0.2) is 4.98 Å². The van der Waals surface area contributed by atoms with Gasteiger partial charge in [0.2, 0.25) is 5.89 Å². The molecule has 2 heterocycles. The van der Waals surface area contributed by atoms with Gasteiger partial charge in [0.1, 0.15) is 5.76 Å². The summed E-state index contributed by atoms with van der Waals surface area (Å²) < 4.78 is 6.82. The predicted molar refractivity (Wildman–Crippen MR) is 65.0 cm³/mol. The Morgan fingerprint density at radius 2 is 2.31 bits per heavy atom. The van der Waals surface area contributed by atoms with Crippen molar-refractivity contribution in [2.75, 3.05) is 6.54 Å². The maximum absolute atomic E-state index is 5.78. The molecule has 0 fully saturated rings. The van der Waals surface area contributed by atoms with Crippen LogP contribution in [0.2, 0.25) is 0 Å². The Balaban J connectivity index is 2.03. The fourth-order valence-corrected chi connectivity index (χ4v) is 2.27. The molecule has 16 heavy (non-hydrogen) atoms. The quantitative estimate of drug-likeness (QED) is 0.872. The normalized spacial score (nSPS) is 14.8. The summed E-state index contributed by atoms with van der Waals surface area (Å²) >= 11 is 3.45. The van der Waals surface area contributed by atoms with E-state index >= 15 is 0 Å². The zero-order valence-electron chi connectivity index (χ0n) is 8.66. The lowest BCUT2D eigenvalue weighted by molar-refractivity contribution is 0.483. The second-order valence-electron chi connectivity index (χ2n) is 3.83. The molecule has 82 valence electrons. The van der Waals surface area contributed by atoms with E-state index in [1.807, 2.05) is 24.3 Å². The molecule has 0 aliphatic carbocycles. The number of nitrogens with one attached hydrogen (secondary N) is 1. The van der Waals surface area contributed by atoms with E-state index < -0.39 is 0 Å². The minimum atomic E-state index is 0.718. The van der Waals surface area contributed by atoms with Crippen LogP contribution in [0.1, 0.15) is 11.5 Å². The van der Waals surface area contributed by atoms with Gasteiger partial charge in [0.25, 0.3) is 0 Å². The zero-order chi connectivity index (χ0) is 11.0. The maximum Gasteiger partial charge on any atom is 0.226 e. The second-order valence-corrected chi connectivity index (χ2v) is 4.74. The Morgan fingerprint density at radius 3 is 3.12 bits per heavy atom. The van der Waals surface area contributed by atoms with E-state index in [4.69, 9.17) is 4.42 Å². The molecular weight excluding hydrogens is 268 g/mol. The molecule has 2 aromatic rings. The van der Waals surface area contributed by atoms with Crippen molar-refractivity contribution in [2.45, 2.75) is 13.0 Å². The summed E-state index contributed by atoms with van der Waals surface area (Å²) in [5, 5.41) is 3.29. The first-order chi connectivity index (χ1) is 7.83. The summed E-state index contributed by atoms with van der Waals surface area (Å²) in [4.78, 5) is 4.51. The summed E-state index contributed by atoms with van der Waals surface area (Å²) in [5.74, 6) is 1.74. The highest BCUT2D eigenvalue weighted by Gasteiger charge is 2.17. The minimum absolute atomic E-state index is 0.718. The molecular formula is C12H11BrN2O. The van der Waals surface area contributed by atoms with Crippen LogP contribution in [0.5, 0.6) is 0 Å². The molecule has 0 amide bonds. The highest BCUT2D eigenvalue weighted by molar-refractivity contribution is 9.10. The molecule has 1 aliphatic rings. The first kappa shape index (κ1) is 10.1. The first-order valence-electron chi connectivity index (χ1n) is 5.28. The number of nitrogens with zero attached hydrogens (tertiary/aromatic N) is 1. The van der Waals surface area contributed by atoms with Crippen molar-refractivity contribution >= 4 is 15.9 Å². The van der Waals surface area contributed by atoms with Gasteiger partial charge in [0, 0.05) is 29.5 Å². The highest BCUT2D eigenvalue weighted by atomic mass is 79.9. The summed E-state index contributed by atoms with van der Waals surface area (Å²) in [5.41, 5.74) is 2.06. The Labute approximate surface area is 102 Å². The van der Waals surface area contributed by atoms with Gasteiger partial charge in [-0.3, -0.25) is 0 Å². The van der Waals surface area contributed by atoms with E-state index in [-0.39, 0.29) is 0 Å². The standard InChI is InChI=1S/C12H11BrN2O/c13-9-3-1-2-8(6-9)12-15-10-7-14-5-4-11(10)16-12/h1-3,6,14H,4-5,7H2. The SMILES string of the molecule is Brc1cccc(-c2nc3c(o2)CCNC3)c1. The molecule has 1 aromatic carbocycles. The summed E-state index contributed by atoms with van der Waals surface area (Å²) in [6.07, 6.45) is 0.927. The monoisotopic (exact) mass is 278 g/mol. The van der Waals surface area contributed by atoms with Crippen LogP contribution in [0.3, 0.4) is 0 Å². The lowest BCUT2D eigenvalue weighted by Gasteiger charge is -2.08. The Hall–Kier alpha value is -1.13. The Bertz CT molecular complexity index is 498. The van der Waals surface area contributed by atoms with Gasteiger partial charge >= 0.3 is 0 Å². The van der Waals surface area contributed by atoms with Gasteiger partial charge in [-0.05, 0) is 18.2 Å². The van der Waals surface area contributed by atoms with Crippen LogP contribution in [0.25, 0.3) is 11.5 Å². The van der Waals surface area contributed by atoms with Crippen molar-refractivity contribution in [1.29, 1.82) is 0 Å². The van der Waals surface area contributed by atoms with Crippen LogP contribution >= 0.6 is 15.9 Å². The third kappa shape index (κ3) is 1.79. The zero-order valence-corrected chi connectivity index (χ0v) is 10.3. The van der Waals surface area contributed by atoms with Crippen LogP contribution in [-0.4, -0.2) is 11.5 Å². The number of halogens is 1. The third-order valence-corrected chi connectivity index (χ3v) is 3.16. The van der Waals surface area contributed by atoms with Gasteiger partial charge < -0.3 is 9.73 Å². The molecule has 1 aliphatic heterocycles. The van der Waals surface area contributed by atoms with Gasteiger partial charge in [0.05, 0.1) is 5.69 Å². The van der Waals surface area contributed by atoms with Crippen LogP contribution in [0.4, 0.5) is 0 Å². The lowest BCUT2D eigenvalue weighted by Crippen LogP contribution is -2.22. The molecule has 3 nitrogen and oxygen atoms in total. The van der Waals surface area contributed by atoms with E-state index in [1.54, 1.807) is 0 Å². The van der Waals surface area contributed by atoms with E-state index in [9.17, 15) is 0 Å². The van der Waals surface area contributed by atoms with E-state index in [2.05, 4.69) is 26.2 Å². The van der Waals surface area contributed by atoms with E-state index in [1.165, 1.54) is 0 Å². The smallest absolute Gasteiger partial charge is 0.226 e. The van der Waals surface area contributed by atoms with E-state index in [0.717, 1.165) is 46.9 Å². The Kier molecular flexibility index (Phi) is 2.53. The van der Waals surface area contributed by atoms with Crippen molar-refractivity contribution in [2.24, 2.45) is 0 Å². The average molecular weight is 279 g/mol. The van der Waals surface area contributed by atoms with Crippen LogP contribution in [0.15, 0.2) is 33.2 Å². The average Bonchev–Trinajstić information content (AvgIpc) is 2.72. The number of rotatable bonds is 1. The van der Waals surface area contributed by atoms with Gasteiger partial charge in [0.15, 0.2) is 0 Å². The molecule has 0 atom stereocenters. The molecule has 4 heteroatoms. The number of aromatic nitrogens is 1.